The molecule has 7 heteroatoms. The van der Waals surface area contributed by atoms with Crippen LogP contribution in [0.5, 0.6) is 0 Å². The minimum Gasteiger partial charge on any atom is -0.166 e. The van der Waals surface area contributed by atoms with Crippen LogP contribution in [0.4, 0.5) is 18.9 Å². The van der Waals surface area contributed by atoms with Crippen molar-refractivity contribution >= 4 is 28.3 Å². The summed E-state index contributed by atoms with van der Waals surface area (Å²) in [5.41, 5.74) is 7.52. The molecule has 0 atom stereocenters. The molecule has 0 fully saturated rings. The van der Waals surface area contributed by atoms with Gasteiger partial charge >= 0.3 is 6.18 Å². The average molecular weight is 313 g/mol. The summed E-state index contributed by atoms with van der Waals surface area (Å²) < 4.78 is 36.8. The molecule has 14 heavy (non-hydrogen) atoms. The standard InChI is InChI=1S/C7H3F3IN3/c8-7(9,10)5-2-1-4(13-14-12)3-6(5)11/h1-3H. The molecule has 0 radical (unpaired) electrons. The van der Waals surface area contributed by atoms with E-state index in [9.17, 15) is 13.2 Å². The fourth-order valence-corrected chi connectivity index (χ4v) is 1.65. The topological polar surface area (TPSA) is 48.8 Å². The van der Waals surface area contributed by atoms with E-state index < -0.39 is 11.7 Å². The Kier molecular flexibility index (Phi) is 3.22. The van der Waals surface area contributed by atoms with Crippen LogP contribution in [0.3, 0.4) is 0 Å². The van der Waals surface area contributed by atoms with Gasteiger partial charge < -0.3 is 0 Å². The van der Waals surface area contributed by atoms with Gasteiger partial charge in [0, 0.05) is 14.2 Å². The van der Waals surface area contributed by atoms with Crippen LogP contribution in [0.25, 0.3) is 10.4 Å². The summed E-state index contributed by atoms with van der Waals surface area (Å²) in [6.07, 6.45) is -4.37. The van der Waals surface area contributed by atoms with E-state index in [1.807, 2.05) is 0 Å². The van der Waals surface area contributed by atoms with Crippen molar-refractivity contribution in [1.29, 1.82) is 0 Å². The molecule has 1 aromatic rings. The van der Waals surface area contributed by atoms with Crippen LogP contribution in [0.2, 0.25) is 0 Å². The van der Waals surface area contributed by atoms with Gasteiger partial charge in [-0.1, -0.05) is 11.2 Å². The van der Waals surface area contributed by atoms with E-state index in [1.165, 1.54) is 6.07 Å². The van der Waals surface area contributed by atoms with Crippen LogP contribution in [0, 0.1) is 3.57 Å². The molecule has 0 aliphatic heterocycles. The Bertz CT molecular complexity index is 396. The molecular weight excluding hydrogens is 310 g/mol. The van der Waals surface area contributed by atoms with E-state index in [0.717, 1.165) is 12.1 Å². The molecule has 0 aliphatic carbocycles. The lowest BCUT2D eigenvalue weighted by molar-refractivity contribution is -0.138. The normalized spacial score (nSPS) is 10.9. The Morgan fingerprint density at radius 1 is 1.36 bits per heavy atom. The zero-order chi connectivity index (χ0) is 10.8. The molecule has 1 aromatic carbocycles. The molecule has 0 unspecified atom stereocenters. The summed E-state index contributed by atoms with van der Waals surface area (Å²) in [5.74, 6) is 0. The van der Waals surface area contributed by atoms with Crippen molar-refractivity contribution in [2.24, 2.45) is 5.11 Å². The number of benzene rings is 1. The lowest BCUT2D eigenvalue weighted by Crippen LogP contribution is -2.06. The van der Waals surface area contributed by atoms with E-state index in [-0.39, 0.29) is 9.26 Å². The molecular formula is C7H3F3IN3. The van der Waals surface area contributed by atoms with Gasteiger partial charge in [-0.25, -0.2) is 0 Å². The predicted octanol–water partition coefficient (Wildman–Crippen LogP) is 4.25. The molecule has 0 bridgehead atoms. The van der Waals surface area contributed by atoms with Crippen LogP contribution in [0.15, 0.2) is 23.3 Å². The molecule has 0 N–H and O–H groups in total. The van der Waals surface area contributed by atoms with E-state index in [0.29, 0.717) is 0 Å². The molecule has 3 nitrogen and oxygen atoms in total. The van der Waals surface area contributed by atoms with Gasteiger partial charge in [-0.3, -0.25) is 0 Å². The highest BCUT2D eigenvalue weighted by Gasteiger charge is 2.32. The minimum absolute atomic E-state index is 0.0139. The first-order valence-corrected chi connectivity index (χ1v) is 4.45. The highest BCUT2D eigenvalue weighted by Crippen LogP contribution is 2.34. The van der Waals surface area contributed by atoms with E-state index >= 15 is 0 Å². The first-order valence-electron chi connectivity index (χ1n) is 3.37. The predicted molar refractivity (Wildman–Crippen MR) is 53.0 cm³/mol. The lowest BCUT2D eigenvalue weighted by atomic mass is 10.2. The van der Waals surface area contributed by atoms with Crippen LogP contribution >= 0.6 is 22.6 Å². The first kappa shape index (κ1) is 11.1. The molecule has 1 rings (SSSR count). The zero-order valence-electron chi connectivity index (χ0n) is 6.59. The number of alkyl halides is 3. The lowest BCUT2D eigenvalue weighted by Gasteiger charge is -2.08. The Morgan fingerprint density at radius 2 is 2.00 bits per heavy atom. The maximum atomic E-state index is 12.3. The molecule has 0 aliphatic rings. The van der Waals surface area contributed by atoms with Crippen LogP contribution in [0.1, 0.15) is 5.56 Å². The molecule has 0 saturated carbocycles. The van der Waals surface area contributed by atoms with Crippen LogP contribution in [-0.4, -0.2) is 0 Å². The maximum Gasteiger partial charge on any atom is 0.417 e. The molecule has 0 aromatic heterocycles. The highest BCUT2D eigenvalue weighted by molar-refractivity contribution is 14.1. The van der Waals surface area contributed by atoms with Crippen molar-refractivity contribution in [3.63, 3.8) is 0 Å². The van der Waals surface area contributed by atoms with Crippen molar-refractivity contribution in [1.82, 2.24) is 0 Å². The molecule has 0 heterocycles. The van der Waals surface area contributed by atoms with Crippen molar-refractivity contribution in [3.05, 3.63) is 37.8 Å². The molecule has 0 spiro atoms. The summed E-state index contributed by atoms with van der Waals surface area (Å²) in [6, 6.07) is 3.21. The third-order valence-electron chi connectivity index (χ3n) is 1.42. The summed E-state index contributed by atoms with van der Waals surface area (Å²) in [4.78, 5) is 2.48. The van der Waals surface area contributed by atoms with Crippen molar-refractivity contribution < 1.29 is 13.2 Å². The van der Waals surface area contributed by atoms with Gasteiger partial charge in [-0.05, 0) is 40.3 Å². The second-order valence-electron chi connectivity index (χ2n) is 2.35. The van der Waals surface area contributed by atoms with Gasteiger partial charge in [0.1, 0.15) is 0 Å². The van der Waals surface area contributed by atoms with Crippen LogP contribution < -0.4 is 0 Å². The molecule has 0 saturated heterocycles. The van der Waals surface area contributed by atoms with Gasteiger partial charge in [0.2, 0.25) is 0 Å². The van der Waals surface area contributed by atoms with E-state index in [4.69, 9.17) is 5.53 Å². The monoisotopic (exact) mass is 313 g/mol. The van der Waals surface area contributed by atoms with Gasteiger partial charge in [0.25, 0.3) is 0 Å². The third-order valence-corrected chi connectivity index (χ3v) is 2.31. The number of azide groups is 1. The molecule has 74 valence electrons. The third kappa shape index (κ3) is 2.52. The van der Waals surface area contributed by atoms with Crippen molar-refractivity contribution in [2.45, 2.75) is 6.18 Å². The van der Waals surface area contributed by atoms with Gasteiger partial charge in [0.05, 0.1) is 5.56 Å². The van der Waals surface area contributed by atoms with E-state index in [2.05, 4.69) is 10.0 Å². The highest BCUT2D eigenvalue weighted by atomic mass is 127. The second-order valence-corrected chi connectivity index (χ2v) is 3.51. The fourth-order valence-electron chi connectivity index (χ4n) is 0.848. The second kappa shape index (κ2) is 4.05. The fraction of sp³-hybridized carbons (Fsp3) is 0.143. The number of hydrogen-bond donors (Lipinski definition) is 0. The first-order chi connectivity index (χ1) is 6.45. The number of nitrogens with zero attached hydrogens (tertiary/aromatic N) is 3. The van der Waals surface area contributed by atoms with E-state index in [1.54, 1.807) is 22.6 Å². The summed E-state index contributed by atoms with van der Waals surface area (Å²) >= 11 is 1.55. The Labute approximate surface area is 90.7 Å². The number of halogens is 4. The van der Waals surface area contributed by atoms with Gasteiger partial charge in [-0.15, -0.1) is 0 Å². The number of hydrogen-bond acceptors (Lipinski definition) is 1. The molecule has 0 amide bonds. The smallest absolute Gasteiger partial charge is 0.166 e. The summed E-state index contributed by atoms with van der Waals surface area (Å²) in [6.45, 7) is 0. The van der Waals surface area contributed by atoms with Crippen molar-refractivity contribution in [2.75, 3.05) is 0 Å². The number of rotatable bonds is 1. The van der Waals surface area contributed by atoms with Crippen LogP contribution in [-0.2, 0) is 6.18 Å². The Hall–Kier alpha value is -0.950. The maximum absolute atomic E-state index is 12.3. The SMILES string of the molecule is [N-]=[N+]=Nc1ccc(C(F)(F)F)c(I)c1. The zero-order valence-corrected chi connectivity index (χ0v) is 8.74. The Morgan fingerprint density at radius 3 is 2.43 bits per heavy atom. The van der Waals surface area contributed by atoms with Gasteiger partial charge in [0.15, 0.2) is 0 Å². The summed E-state index contributed by atoms with van der Waals surface area (Å²) in [7, 11) is 0. The minimum atomic E-state index is -4.37. The largest absolute Gasteiger partial charge is 0.417 e. The van der Waals surface area contributed by atoms with Crippen molar-refractivity contribution in [3.8, 4) is 0 Å². The summed E-state index contributed by atoms with van der Waals surface area (Å²) in [5, 5.41) is 3.20. The quantitative estimate of drug-likeness (QED) is 0.322. The Balaban J connectivity index is 3.20. The van der Waals surface area contributed by atoms with Gasteiger partial charge in [-0.2, -0.15) is 13.2 Å². The average Bonchev–Trinajstić information content (AvgIpc) is 2.02.